The maximum absolute atomic E-state index is 8.98. The van der Waals surface area contributed by atoms with Gasteiger partial charge in [0.05, 0.1) is 18.7 Å². The summed E-state index contributed by atoms with van der Waals surface area (Å²) in [5.74, 6) is 1.53. The SMILES string of the molecule is COc1ccc(C#N)cc1CN1CCC(CN)CC1. The van der Waals surface area contributed by atoms with Crippen molar-refractivity contribution in [2.75, 3.05) is 26.7 Å². The van der Waals surface area contributed by atoms with Gasteiger partial charge in [-0.3, -0.25) is 4.90 Å². The summed E-state index contributed by atoms with van der Waals surface area (Å²) in [6.07, 6.45) is 2.33. The van der Waals surface area contributed by atoms with E-state index in [1.165, 1.54) is 0 Å². The van der Waals surface area contributed by atoms with Crippen molar-refractivity contribution < 1.29 is 4.74 Å². The second-order valence-electron chi connectivity index (χ2n) is 5.09. The molecular weight excluding hydrogens is 238 g/mol. The number of hydrogen-bond donors (Lipinski definition) is 1. The molecule has 1 saturated heterocycles. The van der Waals surface area contributed by atoms with Crippen molar-refractivity contribution in [1.29, 1.82) is 5.26 Å². The number of likely N-dealkylation sites (tertiary alicyclic amines) is 1. The number of nitrogens with two attached hydrogens (primary N) is 1. The van der Waals surface area contributed by atoms with E-state index >= 15 is 0 Å². The maximum atomic E-state index is 8.98. The predicted molar refractivity (Wildman–Crippen MR) is 74.8 cm³/mol. The van der Waals surface area contributed by atoms with E-state index in [-0.39, 0.29) is 0 Å². The van der Waals surface area contributed by atoms with Crippen molar-refractivity contribution in [2.24, 2.45) is 11.7 Å². The zero-order chi connectivity index (χ0) is 13.7. The first-order valence-corrected chi connectivity index (χ1v) is 6.76. The van der Waals surface area contributed by atoms with Gasteiger partial charge >= 0.3 is 0 Å². The predicted octanol–water partition coefficient (Wildman–Crippen LogP) is 1.74. The van der Waals surface area contributed by atoms with Crippen LogP contribution in [0.25, 0.3) is 0 Å². The quantitative estimate of drug-likeness (QED) is 0.894. The minimum Gasteiger partial charge on any atom is -0.496 e. The molecule has 19 heavy (non-hydrogen) atoms. The minimum atomic E-state index is 0.670. The third-order valence-corrected chi connectivity index (χ3v) is 3.84. The monoisotopic (exact) mass is 259 g/mol. The Bertz CT molecular complexity index is 459. The highest BCUT2D eigenvalue weighted by Crippen LogP contribution is 2.24. The van der Waals surface area contributed by atoms with Crippen molar-refractivity contribution in [2.45, 2.75) is 19.4 Å². The van der Waals surface area contributed by atoms with Gasteiger partial charge in [-0.1, -0.05) is 0 Å². The Morgan fingerprint density at radius 2 is 2.16 bits per heavy atom. The van der Waals surface area contributed by atoms with Gasteiger partial charge in [0, 0.05) is 12.1 Å². The highest BCUT2D eigenvalue weighted by molar-refractivity contribution is 5.42. The molecule has 0 radical (unpaired) electrons. The van der Waals surface area contributed by atoms with Crippen molar-refractivity contribution >= 4 is 0 Å². The summed E-state index contributed by atoms with van der Waals surface area (Å²) in [5, 5.41) is 8.98. The van der Waals surface area contributed by atoms with E-state index in [9.17, 15) is 0 Å². The first-order valence-electron chi connectivity index (χ1n) is 6.76. The van der Waals surface area contributed by atoms with Crippen LogP contribution in [-0.2, 0) is 6.54 Å². The Kier molecular flexibility index (Phi) is 4.78. The van der Waals surface area contributed by atoms with Gasteiger partial charge in [-0.05, 0) is 56.6 Å². The van der Waals surface area contributed by atoms with E-state index in [0.29, 0.717) is 11.5 Å². The third kappa shape index (κ3) is 3.46. The largest absolute Gasteiger partial charge is 0.496 e. The molecule has 0 amide bonds. The molecule has 0 aliphatic carbocycles. The summed E-state index contributed by atoms with van der Waals surface area (Å²) in [4.78, 5) is 2.41. The van der Waals surface area contributed by atoms with Gasteiger partial charge in [0.15, 0.2) is 0 Å². The van der Waals surface area contributed by atoms with Crippen LogP contribution < -0.4 is 10.5 Å². The standard InChI is InChI=1S/C15H21N3O/c1-19-15-3-2-13(10-17)8-14(15)11-18-6-4-12(9-16)5-7-18/h2-3,8,12H,4-7,9,11,16H2,1H3. The normalized spacial score (nSPS) is 17.1. The van der Waals surface area contributed by atoms with Gasteiger partial charge in [-0.15, -0.1) is 0 Å². The lowest BCUT2D eigenvalue weighted by Gasteiger charge is -2.31. The second kappa shape index (κ2) is 6.55. The lowest BCUT2D eigenvalue weighted by Crippen LogP contribution is -2.35. The zero-order valence-corrected chi connectivity index (χ0v) is 11.4. The highest BCUT2D eigenvalue weighted by atomic mass is 16.5. The second-order valence-corrected chi connectivity index (χ2v) is 5.09. The van der Waals surface area contributed by atoms with Crippen LogP contribution in [0.1, 0.15) is 24.0 Å². The highest BCUT2D eigenvalue weighted by Gasteiger charge is 2.19. The lowest BCUT2D eigenvalue weighted by atomic mass is 9.96. The van der Waals surface area contributed by atoms with E-state index in [1.54, 1.807) is 13.2 Å². The Morgan fingerprint density at radius 3 is 2.74 bits per heavy atom. The Morgan fingerprint density at radius 1 is 1.42 bits per heavy atom. The van der Waals surface area contributed by atoms with Gasteiger partial charge in [0.2, 0.25) is 0 Å². The molecule has 1 aromatic carbocycles. The van der Waals surface area contributed by atoms with E-state index in [2.05, 4.69) is 11.0 Å². The molecule has 102 valence electrons. The number of nitriles is 1. The van der Waals surface area contributed by atoms with Gasteiger partial charge in [-0.2, -0.15) is 5.26 Å². The molecule has 0 spiro atoms. The van der Waals surface area contributed by atoms with E-state index in [0.717, 1.165) is 50.3 Å². The molecule has 2 N–H and O–H groups in total. The molecule has 2 rings (SSSR count). The molecule has 1 aliphatic heterocycles. The topological polar surface area (TPSA) is 62.3 Å². The molecule has 1 fully saturated rings. The van der Waals surface area contributed by atoms with E-state index in [1.807, 2.05) is 12.1 Å². The maximum Gasteiger partial charge on any atom is 0.123 e. The van der Waals surface area contributed by atoms with E-state index in [4.69, 9.17) is 15.7 Å². The molecule has 0 saturated carbocycles. The molecule has 0 atom stereocenters. The van der Waals surface area contributed by atoms with Crippen LogP contribution in [0.3, 0.4) is 0 Å². The average molecular weight is 259 g/mol. The molecule has 0 unspecified atom stereocenters. The summed E-state index contributed by atoms with van der Waals surface area (Å²) in [5.41, 5.74) is 7.49. The molecule has 0 aromatic heterocycles. The van der Waals surface area contributed by atoms with Crippen molar-refractivity contribution in [1.82, 2.24) is 4.90 Å². The first kappa shape index (κ1) is 13.9. The van der Waals surface area contributed by atoms with Crippen LogP contribution >= 0.6 is 0 Å². The molecule has 1 heterocycles. The van der Waals surface area contributed by atoms with Crippen LogP contribution in [0.5, 0.6) is 5.75 Å². The van der Waals surface area contributed by atoms with Crippen LogP contribution in [0.4, 0.5) is 0 Å². The molecule has 0 bridgehead atoms. The Hall–Kier alpha value is -1.57. The zero-order valence-electron chi connectivity index (χ0n) is 11.4. The van der Waals surface area contributed by atoms with Gasteiger partial charge in [0.1, 0.15) is 5.75 Å². The summed E-state index contributed by atoms with van der Waals surface area (Å²) >= 11 is 0. The van der Waals surface area contributed by atoms with Crippen LogP contribution in [-0.4, -0.2) is 31.6 Å². The molecule has 4 nitrogen and oxygen atoms in total. The fourth-order valence-corrected chi connectivity index (χ4v) is 2.59. The number of benzene rings is 1. The molecule has 1 aromatic rings. The number of hydrogen-bond acceptors (Lipinski definition) is 4. The number of rotatable bonds is 4. The van der Waals surface area contributed by atoms with Crippen molar-refractivity contribution in [3.63, 3.8) is 0 Å². The molecule has 1 aliphatic rings. The Labute approximate surface area is 114 Å². The summed E-state index contributed by atoms with van der Waals surface area (Å²) in [6.45, 7) is 3.78. The van der Waals surface area contributed by atoms with Crippen LogP contribution in [0, 0.1) is 17.2 Å². The summed E-state index contributed by atoms with van der Waals surface area (Å²) in [7, 11) is 1.67. The van der Waals surface area contributed by atoms with E-state index < -0.39 is 0 Å². The van der Waals surface area contributed by atoms with Gasteiger partial charge in [-0.25, -0.2) is 0 Å². The Balaban J connectivity index is 2.04. The van der Waals surface area contributed by atoms with Crippen molar-refractivity contribution in [3.8, 4) is 11.8 Å². The number of piperidine rings is 1. The smallest absolute Gasteiger partial charge is 0.123 e. The average Bonchev–Trinajstić information content (AvgIpc) is 2.48. The molecular formula is C15H21N3O. The van der Waals surface area contributed by atoms with Crippen LogP contribution in [0.15, 0.2) is 18.2 Å². The number of methoxy groups -OCH3 is 1. The number of nitrogens with zero attached hydrogens (tertiary/aromatic N) is 2. The fourth-order valence-electron chi connectivity index (χ4n) is 2.59. The summed E-state index contributed by atoms with van der Waals surface area (Å²) < 4.78 is 5.37. The van der Waals surface area contributed by atoms with Gasteiger partial charge in [0.25, 0.3) is 0 Å². The minimum absolute atomic E-state index is 0.670. The lowest BCUT2D eigenvalue weighted by molar-refractivity contribution is 0.179. The number of ether oxygens (including phenoxy) is 1. The third-order valence-electron chi connectivity index (χ3n) is 3.84. The van der Waals surface area contributed by atoms with Gasteiger partial charge < -0.3 is 10.5 Å². The first-order chi connectivity index (χ1) is 9.26. The molecule has 4 heteroatoms. The fraction of sp³-hybridized carbons (Fsp3) is 0.533. The van der Waals surface area contributed by atoms with Crippen molar-refractivity contribution in [3.05, 3.63) is 29.3 Å². The summed E-state index contributed by atoms with van der Waals surface area (Å²) in [6, 6.07) is 7.78. The van der Waals surface area contributed by atoms with Crippen LogP contribution in [0.2, 0.25) is 0 Å².